The first-order valence-electron chi connectivity index (χ1n) is 8.25. The molecule has 0 saturated heterocycles. The van der Waals surface area contributed by atoms with E-state index >= 15 is 0 Å². The Morgan fingerprint density at radius 2 is 1.68 bits per heavy atom. The van der Waals surface area contributed by atoms with Crippen LogP contribution in [0.15, 0.2) is 54.6 Å². The monoisotopic (exact) mass is 341 g/mol. The maximum atomic E-state index is 12.3. The average Bonchev–Trinajstić information content (AvgIpc) is 2.55. The SMILES string of the molecule is CC(C)Oc1ccc([C@@H](CC(=O)O)NC(=O)Cc2ccccc2)cc1. The van der Waals surface area contributed by atoms with Crippen LogP contribution >= 0.6 is 0 Å². The van der Waals surface area contributed by atoms with Gasteiger partial charge >= 0.3 is 5.97 Å². The van der Waals surface area contributed by atoms with Crippen LogP contribution in [0.25, 0.3) is 0 Å². The first-order chi connectivity index (χ1) is 11.9. The summed E-state index contributed by atoms with van der Waals surface area (Å²) in [5.74, 6) is -0.462. The van der Waals surface area contributed by atoms with Gasteiger partial charge in [-0.2, -0.15) is 0 Å². The van der Waals surface area contributed by atoms with Crippen LogP contribution in [-0.4, -0.2) is 23.1 Å². The summed E-state index contributed by atoms with van der Waals surface area (Å²) < 4.78 is 5.59. The minimum atomic E-state index is -0.965. The molecule has 2 rings (SSSR count). The summed E-state index contributed by atoms with van der Waals surface area (Å²) in [7, 11) is 0. The second-order valence-corrected chi connectivity index (χ2v) is 6.12. The van der Waals surface area contributed by atoms with Gasteiger partial charge in [0.15, 0.2) is 0 Å². The van der Waals surface area contributed by atoms with Gasteiger partial charge in [0.2, 0.25) is 5.91 Å². The second kappa shape index (κ2) is 8.87. The minimum absolute atomic E-state index is 0.0613. The van der Waals surface area contributed by atoms with Gasteiger partial charge in [0.25, 0.3) is 0 Å². The summed E-state index contributed by atoms with van der Waals surface area (Å²) in [5.41, 5.74) is 1.62. The minimum Gasteiger partial charge on any atom is -0.491 e. The zero-order valence-electron chi connectivity index (χ0n) is 14.4. The predicted molar refractivity (Wildman–Crippen MR) is 95.5 cm³/mol. The second-order valence-electron chi connectivity index (χ2n) is 6.12. The Balaban J connectivity index is 2.07. The van der Waals surface area contributed by atoms with Gasteiger partial charge in [-0.15, -0.1) is 0 Å². The molecule has 0 unspecified atom stereocenters. The fraction of sp³-hybridized carbons (Fsp3) is 0.300. The van der Waals surface area contributed by atoms with E-state index in [9.17, 15) is 9.59 Å². The Kier molecular flexibility index (Phi) is 6.57. The third kappa shape index (κ3) is 6.30. The summed E-state index contributed by atoms with van der Waals surface area (Å²) in [6.07, 6.45) is 0.0994. The quantitative estimate of drug-likeness (QED) is 0.772. The number of carbonyl (C=O) groups excluding carboxylic acids is 1. The molecule has 2 aromatic rings. The molecule has 2 aromatic carbocycles. The molecule has 0 heterocycles. The maximum Gasteiger partial charge on any atom is 0.305 e. The fourth-order valence-corrected chi connectivity index (χ4v) is 2.50. The molecule has 0 aliphatic carbocycles. The summed E-state index contributed by atoms with van der Waals surface area (Å²) in [6, 6.07) is 15.9. The van der Waals surface area contributed by atoms with Crippen molar-refractivity contribution in [1.82, 2.24) is 5.32 Å². The van der Waals surface area contributed by atoms with E-state index in [1.165, 1.54) is 0 Å². The smallest absolute Gasteiger partial charge is 0.305 e. The maximum absolute atomic E-state index is 12.3. The molecule has 2 N–H and O–H groups in total. The molecule has 0 fully saturated rings. The largest absolute Gasteiger partial charge is 0.491 e. The Morgan fingerprint density at radius 1 is 1.04 bits per heavy atom. The Hall–Kier alpha value is -2.82. The Morgan fingerprint density at radius 3 is 2.24 bits per heavy atom. The normalized spacial score (nSPS) is 11.8. The van der Waals surface area contributed by atoms with Gasteiger partial charge in [0.05, 0.1) is 25.0 Å². The molecule has 132 valence electrons. The number of carboxylic acids is 1. The van der Waals surface area contributed by atoms with E-state index in [-0.39, 0.29) is 24.9 Å². The molecule has 0 bridgehead atoms. The van der Waals surface area contributed by atoms with Crippen molar-refractivity contribution in [1.29, 1.82) is 0 Å². The van der Waals surface area contributed by atoms with Crippen molar-refractivity contribution in [2.75, 3.05) is 0 Å². The van der Waals surface area contributed by atoms with E-state index in [0.717, 1.165) is 11.1 Å². The molecule has 5 heteroatoms. The number of carboxylic acid groups (broad SMARTS) is 1. The van der Waals surface area contributed by atoms with E-state index in [2.05, 4.69) is 5.32 Å². The lowest BCUT2D eigenvalue weighted by molar-refractivity contribution is -0.137. The zero-order chi connectivity index (χ0) is 18.2. The molecule has 1 amide bonds. The van der Waals surface area contributed by atoms with Gasteiger partial charge in [-0.05, 0) is 37.1 Å². The van der Waals surface area contributed by atoms with Crippen molar-refractivity contribution in [3.8, 4) is 5.75 Å². The van der Waals surface area contributed by atoms with Crippen LogP contribution in [0.4, 0.5) is 0 Å². The molecule has 0 aliphatic rings. The highest BCUT2D eigenvalue weighted by Gasteiger charge is 2.18. The van der Waals surface area contributed by atoms with E-state index in [0.29, 0.717) is 5.75 Å². The topological polar surface area (TPSA) is 75.6 Å². The van der Waals surface area contributed by atoms with Crippen molar-refractivity contribution in [3.05, 3.63) is 65.7 Å². The van der Waals surface area contributed by atoms with Gasteiger partial charge in [-0.3, -0.25) is 9.59 Å². The van der Waals surface area contributed by atoms with E-state index in [1.54, 1.807) is 24.3 Å². The number of amides is 1. The van der Waals surface area contributed by atoms with Crippen molar-refractivity contribution in [2.45, 2.75) is 38.8 Å². The lowest BCUT2D eigenvalue weighted by atomic mass is 10.0. The van der Waals surface area contributed by atoms with E-state index < -0.39 is 12.0 Å². The Bertz CT molecular complexity index is 695. The highest BCUT2D eigenvalue weighted by molar-refractivity contribution is 5.80. The number of ether oxygens (including phenoxy) is 1. The fourth-order valence-electron chi connectivity index (χ4n) is 2.50. The third-order valence-corrected chi connectivity index (χ3v) is 3.58. The van der Waals surface area contributed by atoms with Crippen LogP contribution in [0.2, 0.25) is 0 Å². The first-order valence-corrected chi connectivity index (χ1v) is 8.25. The highest BCUT2D eigenvalue weighted by atomic mass is 16.5. The van der Waals surface area contributed by atoms with Gasteiger partial charge in [-0.25, -0.2) is 0 Å². The van der Waals surface area contributed by atoms with Crippen molar-refractivity contribution < 1.29 is 19.4 Å². The first kappa shape index (κ1) is 18.5. The zero-order valence-corrected chi connectivity index (χ0v) is 14.4. The van der Waals surface area contributed by atoms with Crippen molar-refractivity contribution in [3.63, 3.8) is 0 Å². The number of nitrogens with one attached hydrogen (secondary N) is 1. The third-order valence-electron chi connectivity index (χ3n) is 3.58. The summed E-state index contributed by atoms with van der Waals surface area (Å²) in [5, 5.41) is 12.0. The molecule has 1 atom stereocenters. The molecule has 0 aromatic heterocycles. The number of aliphatic carboxylic acids is 1. The highest BCUT2D eigenvalue weighted by Crippen LogP contribution is 2.21. The number of hydrogen-bond acceptors (Lipinski definition) is 3. The van der Waals surface area contributed by atoms with Crippen LogP contribution in [0.3, 0.4) is 0 Å². The summed E-state index contributed by atoms with van der Waals surface area (Å²) >= 11 is 0. The van der Waals surface area contributed by atoms with E-state index in [1.807, 2.05) is 44.2 Å². The van der Waals surface area contributed by atoms with Crippen molar-refractivity contribution >= 4 is 11.9 Å². The number of rotatable bonds is 8. The molecule has 0 saturated carbocycles. The average molecular weight is 341 g/mol. The van der Waals surface area contributed by atoms with Crippen LogP contribution in [-0.2, 0) is 16.0 Å². The predicted octanol–water partition coefficient (Wildman–Crippen LogP) is 3.35. The number of carbonyl (C=O) groups is 2. The molecular weight excluding hydrogens is 318 g/mol. The van der Waals surface area contributed by atoms with Gasteiger partial charge < -0.3 is 15.2 Å². The Labute approximate surface area is 147 Å². The molecule has 25 heavy (non-hydrogen) atoms. The molecule has 0 radical (unpaired) electrons. The van der Waals surface area contributed by atoms with Gasteiger partial charge in [-0.1, -0.05) is 42.5 Å². The standard InChI is InChI=1S/C20H23NO4/c1-14(2)25-17-10-8-16(9-11-17)18(13-20(23)24)21-19(22)12-15-6-4-3-5-7-15/h3-11,14,18H,12-13H2,1-2H3,(H,21,22)(H,23,24)/t18-/m1/s1. The molecular formula is C20H23NO4. The van der Waals surface area contributed by atoms with Crippen LogP contribution in [0.1, 0.15) is 37.4 Å². The number of hydrogen-bond donors (Lipinski definition) is 2. The lowest BCUT2D eigenvalue weighted by Crippen LogP contribution is -2.31. The number of benzene rings is 2. The lowest BCUT2D eigenvalue weighted by Gasteiger charge is -2.18. The summed E-state index contributed by atoms with van der Waals surface area (Å²) in [6.45, 7) is 3.87. The van der Waals surface area contributed by atoms with Gasteiger partial charge in [0, 0.05) is 0 Å². The molecule has 0 spiro atoms. The van der Waals surface area contributed by atoms with Crippen LogP contribution in [0.5, 0.6) is 5.75 Å². The van der Waals surface area contributed by atoms with Crippen molar-refractivity contribution in [2.24, 2.45) is 0 Å². The van der Waals surface area contributed by atoms with Crippen LogP contribution < -0.4 is 10.1 Å². The van der Waals surface area contributed by atoms with Crippen LogP contribution in [0, 0.1) is 0 Å². The molecule has 5 nitrogen and oxygen atoms in total. The summed E-state index contributed by atoms with van der Waals surface area (Å²) in [4.78, 5) is 23.4. The van der Waals surface area contributed by atoms with Gasteiger partial charge in [0.1, 0.15) is 5.75 Å². The van der Waals surface area contributed by atoms with E-state index in [4.69, 9.17) is 9.84 Å². The molecule has 0 aliphatic heterocycles.